The van der Waals surface area contributed by atoms with E-state index in [4.69, 9.17) is 0 Å². The van der Waals surface area contributed by atoms with Crippen LogP contribution < -0.4 is 4.57 Å². The molecule has 0 bridgehead atoms. The number of aromatic amines is 1. The average Bonchev–Trinajstić information content (AvgIpc) is 2.84. The Kier molecular flexibility index (Phi) is 4.01. The summed E-state index contributed by atoms with van der Waals surface area (Å²) in [5.41, 5.74) is 0.767. The van der Waals surface area contributed by atoms with Crippen LogP contribution in [0, 0.1) is 0 Å². The second-order valence-electron chi connectivity index (χ2n) is 4.90. The van der Waals surface area contributed by atoms with E-state index in [0.29, 0.717) is 22.6 Å². The van der Waals surface area contributed by atoms with Gasteiger partial charge >= 0.3 is 12.0 Å². The first-order valence-electron chi connectivity index (χ1n) is 6.95. The van der Waals surface area contributed by atoms with E-state index in [9.17, 15) is 13.2 Å². The first kappa shape index (κ1) is 15.8. The summed E-state index contributed by atoms with van der Waals surface area (Å²) in [6.45, 7) is 2.03. The fourth-order valence-electron chi connectivity index (χ4n) is 2.36. The number of nitrogens with zero attached hydrogens (tertiary/aromatic N) is 3. The van der Waals surface area contributed by atoms with Crippen molar-refractivity contribution in [3.63, 3.8) is 0 Å². The largest absolute Gasteiger partial charge is 0.433 e. The van der Waals surface area contributed by atoms with Crippen molar-refractivity contribution in [3.8, 4) is 11.5 Å². The number of hydrogen-bond donors (Lipinski definition) is 1. The summed E-state index contributed by atoms with van der Waals surface area (Å²) in [5, 5.41) is 0. The molecule has 3 heterocycles. The third kappa shape index (κ3) is 2.90. The monoisotopic (exact) mass is 339 g/mol. The Bertz CT molecular complexity index is 858. The predicted molar refractivity (Wildman–Crippen MR) is 81.9 cm³/mol. The lowest BCUT2D eigenvalue weighted by Gasteiger charge is -2.03. The molecule has 4 nitrogen and oxygen atoms in total. The van der Waals surface area contributed by atoms with E-state index in [0.717, 1.165) is 16.7 Å². The van der Waals surface area contributed by atoms with Crippen molar-refractivity contribution in [1.82, 2.24) is 15.0 Å². The number of rotatable bonds is 3. The van der Waals surface area contributed by atoms with Gasteiger partial charge in [0.25, 0.3) is 0 Å². The molecule has 0 aliphatic heterocycles. The quantitative estimate of drug-likeness (QED) is 0.586. The van der Waals surface area contributed by atoms with Gasteiger partial charge in [-0.15, -0.1) is 11.8 Å². The number of alkyl halides is 3. The summed E-state index contributed by atoms with van der Waals surface area (Å²) < 4.78 is 40.2. The standard InChI is InChI=1S/C15H13F3N4S/c1-3-23-11-5-4-6-19-13(11)14-21-9-7-12(15(16,17)18)20-8-10(9)22(14)2/h4-8H,3H2,1-2H3/p+1. The lowest BCUT2D eigenvalue weighted by atomic mass is 10.3. The molecule has 0 saturated heterocycles. The van der Waals surface area contributed by atoms with Gasteiger partial charge in [-0.3, -0.25) is 0 Å². The molecule has 3 aromatic rings. The molecule has 0 radical (unpaired) electrons. The molecular formula is C15H14F3N4S+. The van der Waals surface area contributed by atoms with E-state index < -0.39 is 11.9 Å². The van der Waals surface area contributed by atoms with Crippen LogP contribution in [0.1, 0.15) is 12.6 Å². The van der Waals surface area contributed by atoms with Crippen LogP contribution in [0.25, 0.3) is 22.6 Å². The zero-order valence-corrected chi connectivity index (χ0v) is 13.3. The van der Waals surface area contributed by atoms with Crippen LogP contribution in [0.5, 0.6) is 0 Å². The summed E-state index contributed by atoms with van der Waals surface area (Å²) >= 11 is 1.63. The summed E-state index contributed by atoms with van der Waals surface area (Å²) in [5.74, 6) is 1.53. The fraction of sp³-hybridized carbons (Fsp3) is 0.267. The van der Waals surface area contributed by atoms with Crippen LogP contribution in [-0.4, -0.2) is 20.7 Å². The molecule has 3 rings (SSSR count). The van der Waals surface area contributed by atoms with Crippen molar-refractivity contribution in [1.29, 1.82) is 0 Å². The second kappa shape index (κ2) is 5.84. The third-order valence-electron chi connectivity index (χ3n) is 3.42. The van der Waals surface area contributed by atoms with Crippen LogP contribution >= 0.6 is 11.8 Å². The Balaban J connectivity index is 2.18. The summed E-state index contributed by atoms with van der Waals surface area (Å²) in [6.07, 6.45) is -1.57. The molecule has 0 amide bonds. The van der Waals surface area contributed by atoms with Gasteiger partial charge in [-0.1, -0.05) is 6.92 Å². The van der Waals surface area contributed by atoms with Gasteiger partial charge in [0, 0.05) is 17.2 Å². The van der Waals surface area contributed by atoms with Gasteiger partial charge in [-0.05, 0) is 17.9 Å². The summed E-state index contributed by atoms with van der Waals surface area (Å²) in [7, 11) is 1.78. The Labute approximate surface area is 134 Å². The minimum absolute atomic E-state index is 0.378. The van der Waals surface area contributed by atoms with Crippen molar-refractivity contribution in [2.45, 2.75) is 18.0 Å². The maximum Gasteiger partial charge on any atom is 0.433 e. The minimum atomic E-state index is -4.47. The molecule has 0 fully saturated rings. The molecule has 0 saturated carbocycles. The van der Waals surface area contributed by atoms with E-state index in [1.165, 1.54) is 6.20 Å². The highest BCUT2D eigenvalue weighted by atomic mass is 32.2. The van der Waals surface area contributed by atoms with Crippen molar-refractivity contribution < 1.29 is 17.7 Å². The molecule has 0 spiro atoms. The average molecular weight is 339 g/mol. The number of imidazole rings is 1. The number of hydrogen-bond acceptors (Lipinski definition) is 3. The normalized spacial score (nSPS) is 12.0. The number of aromatic nitrogens is 4. The first-order chi connectivity index (χ1) is 10.9. The number of nitrogens with one attached hydrogen (secondary N) is 1. The van der Waals surface area contributed by atoms with E-state index in [2.05, 4.69) is 15.0 Å². The number of halogens is 3. The molecule has 3 aromatic heterocycles. The number of pyridine rings is 2. The minimum Gasteiger partial charge on any atom is -0.247 e. The van der Waals surface area contributed by atoms with Crippen molar-refractivity contribution in [3.05, 3.63) is 36.3 Å². The SMILES string of the molecule is CCSc1cccnc1-c1[nH]c2cc(C(F)(F)F)ncc2[n+]1C. The van der Waals surface area contributed by atoms with E-state index in [-0.39, 0.29) is 0 Å². The van der Waals surface area contributed by atoms with Crippen molar-refractivity contribution >= 4 is 22.8 Å². The molecule has 23 heavy (non-hydrogen) atoms. The van der Waals surface area contributed by atoms with Crippen LogP contribution in [-0.2, 0) is 13.2 Å². The van der Waals surface area contributed by atoms with Gasteiger partial charge in [0.15, 0.2) is 16.7 Å². The van der Waals surface area contributed by atoms with Gasteiger partial charge in [0.2, 0.25) is 0 Å². The highest BCUT2D eigenvalue weighted by molar-refractivity contribution is 7.99. The van der Waals surface area contributed by atoms with E-state index >= 15 is 0 Å². The Morgan fingerprint density at radius 2 is 2.09 bits per heavy atom. The topological polar surface area (TPSA) is 45.5 Å². The Morgan fingerprint density at radius 1 is 1.30 bits per heavy atom. The van der Waals surface area contributed by atoms with Gasteiger partial charge in [-0.25, -0.2) is 19.5 Å². The Hall–Kier alpha value is -2.09. The highest BCUT2D eigenvalue weighted by Gasteiger charge is 2.34. The third-order valence-corrected chi connectivity index (χ3v) is 4.35. The van der Waals surface area contributed by atoms with Gasteiger partial charge in [0.05, 0.1) is 13.2 Å². The zero-order chi connectivity index (χ0) is 16.6. The van der Waals surface area contributed by atoms with E-state index in [1.807, 2.05) is 19.1 Å². The molecule has 120 valence electrons. The maximum absolute atomic E-state index is 12.8. The number of fused-ring (bicyclic) bond motifs is 1. The first-order valence-corrected chi connectivity index (χ1v) is 7.93. The molecule has 0 atom stereocenters. The van der Waals surface area contributed by atoms with E-state index in [1.54, 1.807) is 29.6 Å². The molecule has 0 aliphatic rings. The molecule has 0 unspecified atom stereocenters. The molecule has 8 heteroatoms. The van der Waals surface area contributed by atoms with Gasteiger partial charge in [0.1, 0.15) is 5.69 Å². The second-order valence-corrected chi connectivity index (χ2v) is 6.21. The Morgan fingerprint density at radius 3 is 2.78 bits per heavy atom. The van der Waals surface area contributed by atoms with Gasteiger partial charge < -0.3 is 0 Å². The number of thioether (sulfide) groups is 1. The van der Waals surface area contributed by atoms with Crippen LogP contribution in [0.2, 0.25) is 0 Å². The lowest BCUT2D eigenvalue weighted by molar-refractivity contribution is -0.633. The number of H-pyrrole nitrogens is 1. The van der Waals surface area contributed by atoms with Crippen LogP contribution in [0.3, 0.4) is 0 Å². The molecule has 1 N–H and O–H groups in total. The molecular weight excluding hydrogens is 325 g/mol. The maximum atomic E-state index is 12.8. The summed E-state index contributed by atoms with van der Waals surface area (Å²) in [6, 6.07) is 4.81. The van der Waals surface area contributed by atoms with Crippen molar-refractivity contribution in [2.24, 2.45) is 7.05 Å². The lowest BCUT2D eigenvalue weighted by Crippen LogP contribution is -2.29. The zero-order valence-electron chi connectivity index (χ0n) is 12.5. The fourth-order valence-corrected chi connectivity index (χ4v) is 3.13. The van der Waals surface area contributed by atoms with Crippen LogP contribution in [0.4, 0.5) is 13.2 Å². The molecule has 0 aromatic carbocycles. The van der Waals surface area contributed by atoms with Gasteiger partial charge in [-0.2, -0.15) is 13.2 Å². The summed E-state index contributed by atoms with van der Waals surface area (Å²) in [4.78, 5) is 11.9. The van der Waals surface area contributed by atoms with Crippen molar-refractivity contribution in [2.75, 3.05) is 5.75 Å². The van der Waals surface area contributed by atoms with Crippen LogP contribution in [0.15, 0.2) is 35.5 Å². The molecule has 0 aliphatic carbocycles. The highest BCUT2D eigenvalue weighted by Crippen LogP contribution is 2.31. The number of aryl methyl sites for hydroxylation is 1. The predicted octanol–water partition coefficient (Wildman–Crippen LogP) is 3.58. The smallest absolute Gasteiger partial charge is 0.247 e.